The molecule has 0 aliphatic carbocycles. The van der Waals surface area contributed by atoms with E-state index in [2.05, 4.69) is 15.0 Å². The van der Waals surface area contributed by atoms with E-state index in [-0.39, 0.29) is 17.6 Å². The average molecular weight is 383 g/mol. The number of benzene rings is 1. The molecule has 0 saturated carbocycles. The van der Waals surface area contributed by atoms with Gasteiger partial charge in [-0.1, -0.05) is 0 Å². The smallest absolute Gasteiger partial charge is 0.274 e. The molecular formula is C19H18FN5OS. The second-order valence-corrected chi connectivity index (χ2v) is 7.84. The van der Waals surface area contributed by atoms with Crippen LogP contribution in [0.15, 0.2) is 29.8 Å². The third-order valence-electron chi connectivity index (χ3n) is 5.24. The lowest BCUT2D eigenvalue weighted by atomic mass is 9.96. The Bertz CT molecular complexity index is 1150. The summed E-state index contributed by atoms with van der Waals surface area (Å²) in [6, 6.07) is 4.58. The number of nitrogens with one attached hydrogen (secondary N) is 1. The molecule has 0 unspecified atom stereocenters. The molecule has 0 bridgehead atoms. The number of halogens is 1. The molecule has 4 aromatic rings. The number of nitrogens with zero attached hydrogens (tertiary/aromatic N) is 4. The zero-order valence-electron chi connectivity index (χ0n) is 14.8. The minimum absolute atomic E-state index is 0.0181. The van der Waals surface area contributed by atoms with Crippen molar-refractivity contribution < 1.29 is 9.18 Å². The monoisotopic (exact) mass is 383 g/mol. The van der Waals surface area contributed by atoms with Crippen molar-refractivity contribution in [3.05, 3.63) is 52.8 Å². The fraction of sp³-hybridized carbons (Fsp3) is 0.316. The number of hydrogen-bond acceptors (Lipinski definition) is 4. The predicted molar refractivity (Wildman–Crippen MR) is 102 cm³/mol. The van der Waals surface area contributed by atoms with Crippen molar-refractivity contribution >= 4 is 33.2 Å². The highest BCUT2D eigenvalue weighted by molar-refractivity contribution is 7.15. The molecule has 1 amide bonds. The summed E-state index contributed by atoms with van der Waals surface area (Å²) in [5, 5.41) is 2.03. The first-order valence-electron chi connectivity index (χ1n) is 8.96. The fourth-order valence-electron chi connectivity index (χ4n) is 3.71. The lowest BCUT2D eigenvalue weighted by Gasteiger charge is -2.30. The molecule has 4 heterocycles. The van der Waals surface area contributed by atoms with Crippen molar-refractivity contribution in [2.24, 2.45) is 0 Å². The van der Waals surface area contributed by atoms with Crippen LogP contribution in [0.1, 0.15) is 40.8 Å². The highest BCUT2D eigenvalue weighted by Crippen LogP contribution is 2.29. The third kappa shape index (κ3) is 2.80. The summed E-state index contributed by atoms with van der Waals surface area (Å²) in [6.45, 7) is 3.34. The van der Waals surface area contributed by atoms with Crippen LogP contribution in [-0.2, 0) is 0 Å². The van der Waals surface area contributed by atoms with E-state index in [1.165, 1.54) is 12.1 Å². The number of carbonyl (C=O) groups excluding carboxylic acids is 1. The third-order valence-corrected chi connectivity index (χ3v) is 6.20. The molecule has 1 fully saturated rings. The number of carbonyl (C=O) groups is 1. The number of amides is 1. The number of hydrogen-bond donors (Lipinski definition) is 1. The van der Waals surface area contributed by atoms with Crippen LogP contribution in [0, 0.1) is 12.7 Å². The van der Waals surface area contributed by atoms with Gasteiger partial charge in [-0.2, -0.15) is 0 Å². The van der Waals surface area contributed by atoms with Crippen molar-refractivity contribution in [2.45, 2.75) is 25.7 Å². The Labute approximate surface area is 158 Å². The summed E-state index contributed by atoms with van der Waals surface area (Å²) >= 11 is 1.54. The first-order valence-corrected chi connectivity index (χ1v) is 9.84. The maximum Gasteiger partial charge on any atom is 0.274 e. The molecule has 8 heteroatoms. The van der Waals surface area contributed by atoms with Gasteiger partial charge < -0.3 is 9.88 Å². The summed E-state index contributed by atoms with van der Waals surface area (Å²) in [4.78, 5) is 27.8. The van der Waals surface area contributed by atoms with E-state index in [0.29, 0.717) is 18.8 Å². The van der Waals surface area contributed by atoms with Crippen LogP contribution >= 0.6 is 11.3 Å². The number of aromatic amines is 1. The van der Waals surface area contributed by atoms with Gasteiger partial charge in [0.1, 0.15) is 17.3 Å². The lowest BCUT2D eigenvalue weighted by molar-refractivity contribution is 0.0706. The van der Waals surface area contributed by atoms with Crippen LogP contribution < -0.4 is 0 Å². The quantitative estimate of drug-likeness (QED) is 0.573. The maximum atomic E-state index is 13.4. The zero-order chi connectivity index (χ0) is 18.5. The van der Waals surface area contributed by atoms with E-state index in [1.54, 1.807) is 17.4 Å². The van der Waals surface area contributed by atoms with E-state index >= 15 is 0 Å². The SMILES string of the molecule is Cc1csc2nc(C(=O)N3CCC(c4nc5ccc(F)cc5[nH]4)CC3)cn12. The van der Waals surface area contributed by atoms with Crippen LogP contribution in [0.25, 0.3) is 16.0 Å². The van der Waals surface area contributed by atoms with Gasteiger partial charge in [-0.3, -0.25) is 9.20 Å². The minimum Gasteiger partial charge on any atom is -0.342 e. The number of imidazole rings is 2. The van der Waals surface area contributed by atoms with E-state index in [1.807, 2.05) is 27.8 Å². The van der Waals surface area contributed by atoms with Crippen LogP contribution in [0.5, 0.6) is 0 Å². The van der Waals surface area contributed by atoms with Gasteiger partial charge in [-0.05, 0) is 38.0 Å². The number of thiazole rings is 1. The van der Waals surface area contributed by atoms with Gasteiger partial charge in [-0.25, -0.2) is 14.4 Å². The first kappa shape index (κ1) is 16.4. The fourth-order valence-corrected chi connectivity index (χ4v) is 4.56. The van der Waals surface area contributed by atoms with E-state index in [9.17, 15) is 9.18 Å². The number of H-pyrrole nitrogens is 1. The molecule has 138 valence electrons. The largest absolute Gasteiger partial charge is 0.342 e. The Morgan fingerprint density at radius 3 is 2.89 bits per heavy atom. The first-order chi connectivity index (χ1) is 13.1. The molecule has 1 N–H and O–H groups in total. The van der Waals surface area contributed by atoms with Crippen molar-refractivity contribution in [2.75, 3.05) is 13.1 Å². The van der Waals surface area contributed by atoms with Gasteiger partial charge in [0.15, 0.2) is 4.96 Å². The van der Waals surface area contributed by atoms with Crippen LogP contribution in [-0.4, -0.2) is 43.2 Å². The van der Waals surface area contributed by atoms with Crippen LogP contribution in [0.3, 0.4) is 0 Å². The number of aromatic nitrogens is 4. The topological polar surface area (TPSA) is 66.3 Å². The molecular weight excluding hydrogens is 365 g/mol. The van der Waals surface area contributed by atoms with Gasteiger partial charge >= 0.3 is 0 Å². The molecule has 1 aliphatic heterocycles. The van der Waals surface area contributed by atoms with Crippen molar-refractivity contribution in [1.29, 1.82) is 0 Å². The molecule has 5 rings (SSSR count). The minimum atomic E-state index is -0.270. The molecule has 27 heavy (non-hydrogen) atoms. The number of piperidine rings is 1. The van der Waals surface area contributed by atoms with E-state index in [0.717, 1.165) is 40.4 Å². The highest BCUT2D eigenvalue weighted by Gasteiger charge is 2.27. The number of aryl methyl sites for hydroxylation is 1. The summed E-state index contributed by atoms with van der Waals surface area (Å²) < 4.78 is 15.3. The zero-order valence-corrected chi connectivity index (χ0v) is 15.6. The van der Waals surface area contributed by atoms with Gasteiger partial charge in [0.25, 0.3) is 5.91 Å². The molecule has 1 aromatic carbocycles. The van der Waals surface area contributed by atoms with Gasteiger partial charge in [0.05, 0.1) is 11.0 Å². The van der Waals surface area contributed by atoms with Crippen LogP contribution in [0.4, 0.5) is 4.39 Å². The van der Waals surface area contributed by atoms with Crippen molar-refractivity contribution in [3.63, 3.8) is 0 Å². The Hall–Kier alpha value is -2.74. The van der Waals surface area contributed by atoms with Gasteiger partial charge in [0.2, 0.25) is 0 Å². The molecule has 6 nitrogen and oxygen atoms in total. The summed E-state index contributed by atoms with van der Waals surface area (Å²) in [6.07, 6.45) is 3.48. The van der Waals surface area contributed by atoms with Gasteiger partial charge in [-0.15, -0.1) is 11.3 Å². The van der Waals surface area contributed by atoms with E-state index < -0.39 is 0 Å². The molecule has 0 radical (unpaired) electrons. The Morgan fingerprint density at radius 1 is 1.30 bits per heavy atom. The molecule has 0 spiro atoms. The van der Waals surface area contributed by atoms with Crippen molar-refractivity contribution in [3.8, 4) is 0 Å². The summed E-state index contributed by atoms with van der Waals surface area (Å²) in [5.74, 6) is 0.835. The van der Waals surface area contributed by atoms with Crippen molar-refractivity contribution in [1.82, 2.24) is 24.3 Å². The Balaban J connectivity index is 1.30. The second kappa shape index (κ2) is 6.16. The van der Waals surface area contributed by atoms with Gasteiger partial charge in [0, 0.05) is 36.3 Å². The Kier molecular flexibility index (Phi) is 3.75. The number of fused-ring (bicyclic) bond motifs is 2. The number of likely N-dealkylation sites (tertiary alicyclic amines) is 1. The molecule has 3 aromatic heterocycles. The Morgan fingerprint density at radius 2 is 2.11 bits per heavy atom. The lowest BCUT2D eigenvalue weighted by Crippen LogP contribution is -2.38. The summed E-state index contributed by atoms with van der Waals surface area (Å²) in [5.41, 5.74) is 3.08. The number of rotatable bonds is 2. The average Bonchev–Trinajstić information content (AvgIpc) is 3.37. The molecule has 0 atom stereocenters. The standard InChI is InChI=1S/C19H18FN5OS/c1-11-10-27-19-23-16(9-25(11)19)18(26)24-6-4-12(5-7-24)17-21-14-3-2-13(20)8-15(14)22-17/h2-3,8-10,12H,4-7H2,1H3,(H,21,22). The predicted octanol–water partition coefficient (Wildman–Crippen LogP) is 3.74. The normalized spacial score (nSPS) is 15.9. The second-order valence-electron chi connectivity index (χ2n) is 7.01. The highest BCUT2D eigenvalue weighted by atomic mass is 32.1. The molecule has 1 aliphatic rings. The van der Waals surface area contributed by atoms with E-state index in [4.69, 9.17) is 0 Å². The van der Waals surface area contributed by atoms with Crippen LogP contribution in [0.2, 0.25) is 0 Å². The summed E-state index contributed by atoms with van der Waals surface area (Å²) in [7, 11) is 0. The molecule has 1 saturated heterocycles. The maximum absolute atomic E-state index is 13.4.